The van der Waals surface area contributed by atoms with Gasteiger partial charge in [-0.3, -0.25) is 4.90 Å². The van der Waals surface area contributed by atoms with Crippen molar-refractivity contribution in [2.75, 3.05) is 6.54 Å². The first-order valence-electron chi connectivity index (χ1n) is 19.9. The fourth-order valence-electron chi connectivity index (χ4n) is 6.63. The standard InChI is InChI=1S/C29H35NO3.C20H18O8/c1-21(2)30(22(3)4)18-17-26(24-13-9-6-10-14-24)27-19-25(29(31)32)15-16-28(27)33-20-23-11-7-5-8-12-23;1-11-3-7-13(8-4-11)19(25)27-15(17(21)22)16(18(23)24)28-20(26)14-9-5-12(2)6-10-14/h5-16,19,21-22,26H,17-18,20H2,1-4H3,(H,31,32);3-10,15-16H,1-2H3,(H,21,22)(H,23,24)/t26-;15-,16-/m11/s1. The molecule has 0 aromatic heterocycles. The lowest BCUT2D eigenvalue weighted by molar-refractivity contribution is -0.166. The molecule has 0 aliphatic carbocycles. The number of aromatic carboxylic acids is 1. The predicted molar refractivity (Wildman–Crippen MR) is 230 cm³/mol. The maximum atomic E-state index is 12.2. The summed E-state index contributed by atoms with van der Waals surface area (Å²) in [6.07, 6.45) is -3.58. The van der Waals surface area contributed by atoms with Gasteiger partial charge in [0.25, 0.3) is 0 Å². The zero-order valence-corrected chi connectivity index (χ0v) is 35.2. The highest BCUT2D eigenvalue weighted by Crippen LogP contribution is 2.36. The van der Waals surface area contributed by atoms with Crippen LogP contribution in [0, 0.1) is 13.8 Å². The van der Waals surface area contributed by atoms with Crippen LogP contribution in [0.2, 0.25) is 0 Å². The van der Waals surface area contributed by atoms with Crippen molar-refractivity contribution in [2.45, 2.75) is 84.8 Å². The van der Waals surface area contributed by atoms with E-state index < -0.39 is 42.1 Å². The lowest BCUT2D eigenvalue weighted by Gasteiger charge is -2.32. The average Bonchev–Trinajstić information content (AvgIpc) is 3.23. The van der Waals surface area contributed by atoms with Crippen LogP contribution in [-0.4, -0.2) is 80.9 Å². The van der Waals surface area contributed by atoms with Crippen LogP contribution in [0.25, 0.3) is 0 Å². The molecule has 61 heavy (non-hydrogen) atoms. The van der Waals surface area contributed by atoms with Crippen LogP contribution in [-0.2, 0) is 25.7 Å². The summed E-state index contributed by atoms with van der Waals surface area (Å²) in [6.45, 7) is 13.8. The van der Waals surface area contributed by atoms with E-state index in [9.17, 15) is 39.3 Å². The third kappa shape index (κ3) is 13.9. The quantitative estimate of drug-likeness (QED) is 0.0716. The molecule has 5 rings (SSSR count). The molecule has 12 heteroatoms. The van der Waals surface area contributed by atoms with Gasteiger partial charge < -0.3 is 29.5 Å². The normalized spacial score (nSPS) is 12.4. The number of esters is 2. The Bertz CT molecular complexity index is 2140. The number of carboxylic acids is 3. The van der Waals surface area contributed by atoms with Crippen LogP contribution >= 0.6 is 0 Å². The van der Waals surface area contributed by atoms with Crippen LogP contribution < -0.4 is 4.74 Å². The molecule has 3 atom stereocenters. The van der Waals surface area contributed by atoms with Crippen molar-refractivity contribution in [3.05, 3.63) is 172 Å². The number of carbonyl (C=O) groups excluding carboxylic acids is 2. The average molecular weight is 832 g/mol. The van der Waals surface area contributed by atoms with Gasteiger partial charge in [-0.15, -0.1) is 0 Å². The first-order valence-corrected chi connectivity index (χ1v) is 19.9. The minimum absolute atomic E-state index is 0.0243. The number of nitrogens with zero attached hydrogens (tertiary/aromatic N) is 1. The summed E-state index contributed by atoms with van der Waals surface area (Å²) < 4.78 is 15.9. The van der Waals surface area contributed by atoms with Crippen LogP contribution in [0.5, 0.6) is 5.75 Å². The Balaban J connectivity index is 0.000000272. The van der Waals surface area contributed by atoms with Gasteiger partial charge >= 0.3 is 29.8 Å². The maximum Gasteiger partial charge on any atom is 0.349 e. The molecule has 0 amide bonds. The van der Waals surface area contributed by atoms with Gasteiger partial charge in [-0.2, -0.15) is 0 Å². The zero-order valence-electron chi connectivity index (χ0n) is 35.2. The van der Waals surface area contributed by atoms with Crippen molar-refractivity contribution in [1.29, 1.82) is 0 Å². The molecule has 0 fully saturated rings. The van der Waals surface area contributed by atoms with Gasteiger partial charge in [-0.05, 0) is 108 Å². The highest BCUT2D eigenvalue weighted by Gasteiger charge is 2.41. The monoisotopic (exact) mass is 831 g/mol. The second-order valence-corrected chi connectivity index (χ2v) is 15.1. The van der Waals surface area contributed by atoms with Crippen molar-refractivity contribution in [3.63, 3.8) is 0 Å². The number of hydrogen-bond acceptors (Lipinski definition) is 9. The number of carboxylic acid groups (broad SMARTS) is 3. The summed E-state index contributed by atoms with van der Waals surface area (Å²) in [4.78, 5) is 61.6. The van der Waals surface area contributed by atoms with Gasteiger partial charge in [-0.25, -0.2) is 24.0 Å². The third-order valence-electron chi connectivity index (χ3n) is 9.88. The molecule has 0 unspecified atom stereocenters. The Hall–Kier alpha value is -6.79. The van der Waals surface area contributed by atoms with E-state index in [0.717, 1.165) is 46.5 Å². The third-order valence-corrected chi connectivity index (χ3v) is 9.88. The molecule has 0 radical (unpaired) electrons. The van der Waals surface area contributed by atoms with Gasteiger partial charge in [0.15, 0.2) is 0 Å². The molecule has 5 aromatic rings. The summed E-state index contributed by atoms with van der Waals surface area (Å²) in [7, 11) is 0. The zero-order chi connectivity index (χ0) is 44.6. The molecule has 0 bridgehead atoms. The molecule has 0 saturated carbocycles. The van der Waals surface area contributed by atoms with E-state index in [0.29, 0.717) is 18.7 Å². The van der Waals surface area contributed by atoms with Crippen molar-refractivity contribution in [3.8, 4) is 5.75 Å². The molecule has 0 aliphatic heterocycles. The topological polar surface area (TPSA) is 177 Å². The van der Waals surface area contributed by atoms with E-state index in [4.69, 9.17) is 14.2 Å². The summed E-state index contributed by atoms with van der Waals surface area (Å²) in [6, 6.07) is 38.5. The van der Waals surface area contributed by atoms with Crippen LogP contribution in [0.4, 0.5) is 0 Å². The molecule has 0 spiro atoms. The van der Waals surface area contributed by atoms with Crippen molar-refractivity contribution in [1.82, 2.24) is 4.90 Å². The van der Waals surface area contributed by atoms with Crippen molar-refractivity contribution in [2.24, 2.45) is 0 Å². The Morgan fingerprint density at radius 2 is 1.02 bits per heavy atom. The molecule has 0 aliphatic rings. The van der Waals surface area contributed by atoms with E-state index in [1.165, 1.54) is 24.3 Å². The predicted octanol–water partition coefficient (Wildman–Crippen LogP) is 8.83. The van der Waals surface area contributed by atoms with Gasteiger partial charge in [0.2, 0.25) is 12.2 Å². The van der Waals surface area contributed by atoms with Gasteiger partial charge in [0.05, 0.1) is 16.7 Å². The van der Waals surface area contributed by atoms with Crippen LogP contribution in [0.15, 0.2) is 127 Å². The van der Waals surface area contributed by atoms with Gasteiger partial charge in [0, 0.05) is 23.6 Å². The number of ether oxygens (including phenoxy) is 3. The molecule has 3 N–H and O–H groups in total. The molecule has 0 saturated heterocycles. The number of hydrogen-bond donors (Lipinski definition) is 3. The number of aryl methyl sites for hydroxylation is 2. The number of benzene rings is 5. The molecule has 12 nitrogen and oxygen atoms in total. The molecular formula is C49H53NO11. The lowest BCUT2D eigenvalue weighted by atomic mass is 9.86. The summed E-state index contributed by atoms with van der Waals surface area (Å²) in [5.41, 5.74) is 5.23. The fraction of sp³-hybridized carbons (Fsp3) is 0.286. The van der Waals surface area contributed by atoms with E-state index in [1.54, 1.807) is 56.3 Å². The largest absolute Gasteiger partial charge is 0.489 e. The highest BCUT2D eigenvalue weighted by molar-refractivity contribution is 5.95. The van der Waals surface area contributed by atoms with Crippen LogP contribution in [0.1, 0.15) is 98.9 Å². The maximum absolute atomic E-state index is 12.2. The minimum Gasteiger partial charge on any atom is -0.489 e. The number of carbonyl (C=O) groups is 5. The first kappa shape index (κ1) is 46.9. The smallest absolute Gasteiger partial charge is 0.349 e. The Kier molecular flexibility index (Phi) is 17.3. The van der Waals surface area contributed by atoms with Crippen molar-refractivity contribution >= 4 is 29.8 Å². The summed E-state index contributed by atoms with van der Waals surface area (Å²) >= 11 is 0. The summed E-state index contributed by atoms with van der Waals surface area (Å²) in [5, 5.41) is 28.3. The Labute approximate surface area is 356 Å². The van der Waals surface area contributed by atoms with E-state index in [2.05, 4.69) is 44.7 Å². The van der Waals surface area contributed by atoms with Crippen LogP contribution in [0.3, 0.4) is 0 Å². The minimum atomic E-state index is -2.22. The SMILES string of the molecule is CC(C)N(CC[C@H](c1ccccc1)c1cc(C(=O)O)ccc1OCc1ccccc1)C(C)C.Cc1ccc(C(=O)O[C@@H](C(=O)O)[C@@H](OC(=O)c2ccc(C)cc2)C(=O)O)cc1. The number of aliphatic carboxylic acids is 2. The van der Waals surface area contributed by atoms with E-state index in [1.807, 2.05) is 48.5 Å². The molecule has 0 heterocycles. The molecule has 320 valence electrons. The van der Waals surface area contributed by atoms with Gasteiger partial charge in [0.1, 0.15) is 12.4 Å². The second-order valence-electron chi connectivity index (χ2n) is 15.1. The molecular weight excluding hydrogens is 779 g/mol. The van der Waals surface area contributed by atoms with E-state index in [-0.39, 0.29) is 22.6 Å². The molecule has 5 aromatic carbocycles. The summed E-state index contributed by atoms with van der Waals surface area (Å²) in [5.74, 6) is -5.79. The van der Waals surface area contributed by atoms with Gasteiger partial charge in [-0.1, -0.05) is 96.1 Å². The Morgan fingerprint density at radius 3 is 1.44 bits per heavy atom. The van der Waals surface area contributed by atoms with E-state index >= 15 is 0 Å². The lowest BCUT2D eigenvalue weighted by Crippen LogP contribution is -2.45. The fourth-order valence-corrected chi connectivity index (χ4v) is 6.63. The Morgan fingerprint density at radius 1 is 0.574 bits per heavy atom. The first-order chi connectivity index (χ1) is 29.0. The number of rotatable bonds is 18. The second kappa shape index (κ2) is 22.5. The highest BCUT2D eigenvalue weighted by atomic mass is 16.6. The van der Waals surface area contributed by atoms with Crippen molar-refractivity contribution < 1.29 is 53.5 Å².